The number of Topliss-reactive ketones (excluding diaryl/α,β-unsaturated/α-hetero) is 2. The monoisotopic (exact) mass is 614 g/mol. The molecular formula is C18H28F6O8S4. The molecule has 4 unspecified atom stereocenters. The van der Waals surface area contributed by atoms with Crippen LogP contribution in [0.3, 0.4) is 0 Å². The summed E-state index contributed by atoms with van der Waals surface area (Å²) in [6.07, 6.45) is 6.08. The Morgan fingerprint density at radius 1 is 0.722 bits per heavy atom. The SMILES string of the molecule is CC[S+](CC[S+](CC)C1CCCC1=O)C1CCCC1=O.O=S(=O)([O-])C(F)(F)F.O=S(=O)([O-])C(F)(F)F. The van der Waals surface area contributed by atoms with E-state index in [0.717, 1.165) is 50.0 Å². The lowest BCUT2D eigenvalue weighted by molar-refractivity contribution is -0.117. The summed E-state index contributed by atoms with van der Waals surface area (Å²) in [5.41, 5.74) is -11.3. The van der Waals surface area contributed by atoms with Crippen molar-refractivity contribution in [2.75, 3.05) is 23.0 Å². The molecule has 214 valence electrons. The van der Waals surface area contributed by atoms with Crippen LogP contribution in [0.15, 0.2) is 0 Å². The van der Waals surface area contributed by atoms with Crippen molar-refractivity contribution < 1.29 is 61.9 Å². The minimum Gasteiger partial charge on any atom is -0.741 e. The van der Waals surface area contributed by atoms with Crippen molar-refractivity contribution in [3.63, 3.8) is 0 Å². The molecule has 0 aromatic heterocycles. The smallest absolute Gasteiger partial charge is 0.485 e. The predicted octanol–water partition coefficient (Wildman–Crippen LogP) is 2.61. The maximum atomic E-state index is 12.0. The number of rotatable bonds is 7. The normalized spacial score (nSPS) is 22.8. The second-order valence-corrected chi connectivity index (χ2v) is 15.6. The van der Waals surface area contributed by atoms with E-state index in [1.54, 1.807) is 0 Å². The highest BCUT2D eigenvalue weighted by Crippen LogP contribution is 2.27. The van der Waals surface area contributed by atoms with Crippen LogP contribution in [0.5, 0.6) is 0 Å². The van der Waals surface area contributed by atoms with Gasteiger partial charge in [0.25, 0.3) is 0 Å². The van der Waals surface area contributed by atoms with E-state index in [9.17, 15) is 35.9 Å². The van der Waals surface area contributed by atoms with Crippen LogP contribution < -0.4 is 0 Å². The van der Waals surface area contributed by atoms with Crippen LogP contribution in [-0.2, 0) is 51.6 Å². The minimum atomic E-state index is -6.09. The van der Waals surface area contributed by atoms with Crippen LogP contribution in [0.4, 0.5) is 26.3 Å². The number of ketones is 2. The maximum absolute atomic E-state index is 12.0. The van der Waals surface area contributed by atoms with E-state index in [1.807, 2.05) is 0 Å². The molecule has 8 nitrogen and oxygen atoms in total. The first-order valence-corrected chi connectivity index (χ1v) is 16.7. The van der Waals surface area contributed by atoms with Gasteiger partial charge in [-0.25, -0.2) is 16.8 Å². The van der Waals surface area contributed by atoms with Gasteiger partial charge in [0.15, 0.2) is 53.8 Å². The number of hydrogen-bond acceptors (Lipinski definition) is 8. The van der Waals surface area contributed by atoms with Crippen molar-refractivity contribution in [3.8, 4) is 0 Å². The Kier molecular flexibility index (Phi) is 14.3. The van der Waals surface area contributed by atoms with E-state index in [1.165, 1.54) is 11.5 Å². The first kappa shape index (κ1) is 35.4. The number of alkyl halides is 6. The fourth-order valence-corrected chi connectivity index (χ4v) is 9.11. The topological polar surface area (TPSA) is 149 Å². The quantitative estimate of drug-likeness (QED) is 0.184. The molecule has 0 aromatic rings. The van der Waals surface area contributed by atoms with Crippen molar-refractivity contribution >= 4 is 53.6 Å². The predicted molar refractivity (Wildman–Crippen MR) is 122 cm³/mol. The number of carbonyl (C=O) groups excluding carboxylic acids is 2. The van der Waals surface area contributed by atoms with Crippen LogP contribution in [0.2, 0.25) is 0 Å². The molecule has 2 saturated carbocycles. The summed E-state index contributed by atoms with van der Waals surface area (Å²) < 4.78 is 118. The van der Waals surface area contributed by atoms with E-state index in [-0.39, 0.29) is 21.8 Å². The summed E-state index contributed by atoms with van der Waals surface area (Å²) in [7, 11) is -11.6. The molecule has 0 N–H and O–H groups in total. The lowest BCUT2D eigenvalue weighted by atomic mass is 10.3. The molecule has 36 heavy (non-hydrogen) atoms. The van der Waals surface area contributed by atoms with Crippen LogP contribution in [0.25, 0.3) is 0 Å². The first-order chi connectivity index (χ1) is 16.2. The van der Waals surface area contributed by atoms with Crippen molar-refractivity contribution in [2.24, 2.45) is 0 Å². The van der Waals surface area contributed by atoms with Gasteiger partial charge in [-0.3, -0.25) is 9.59 Å². The van der Waals surface area contributed by atoms with Gasteiger partial charge >= 0.3 is 11.0 Å². The summed E-state index contributed by atoms with van der Waals surface area (Å²) in [4.78, 5) is 23.9. The fraction of sp³-hybridized carbons (Fsp3) is 0.889. The third-order valence-electron chi connectivity index (χ3n) is 5.22. The fourth-order valence-electron chi connectivity index (χ4n) is 3.46. The average molecular weight is 615 g/mol. The molecule has 0 radical (unpaired) electrons. The second kappa shape index (κ2) is 14.6. The second-order valence-electron chi connectivity index (χ2n) is 7.55. The van der Waals surface area contributed by atoms with Gasteiger partial charge < -0.3 is 9.11 Å². The van der Waals surface area contributed by atoms with Crippen molar-refractivity contribution in [1.82, 2.24) is 0 Å². The third-order valence-corrected chi connectivity index (χ3v) is 12.2. The Morgan fingerprint density at radius 3 is 1.11 bits per heavy atom. The summed E-state index contributed by atoms with van der Waals surface area (Å²) in [6, 6.07) is 0. The standard InChI is InChI=1S/C16H28O2S2.2CHF3O3S/c1-3-19(15-9-5-7-13(15)17)11-12-20(4-2)16-10-6-8-14(16)18;2*2-1(3,4)8(5,6)7/h15-16H,3-12H2,1-2H3;2*(H,5,6,7)/q+2;;/p-2. The lowest BCUT2D eigenvalue weighted by Gasteiger charge is -2.15. The van der Waals surface area contributed by atoms with E-state index in [2.05, 4.69) is 13.8 Å². The Labute approximate surface area is 212 Å². The summed E-state index contributed by atoms with van der Waals surface area (Å²) in [5.74, 6) is 5.71. The zero-order valence-corrected chi connectivity index (χ0v) is 22.7. The molecule has 2 aliphatic rings. The van der Waals surface area contributed by atoms with Crippen LogP contribution in [-0.4, -0.2) is 82.0 Å². The van der Waals surface area contributed by atoms with Gasteiger partial charge in [0, 0.05) is 47.5 Å². The van der Waals surface area contributed by atoms with E-state index in [0.29, 0.717) is 22.1 Å². The molecule has 2 fully saturated rings. The highest BCUT2D eigenvalue weighted by molar-refractivity contribution is 8.01. The third kappa shape index (κ3) is 11.9. The summed E-state index contributed by atoms with van der Waals surface area (Å²) >= 11 is 0. The van der Waals surface area contributed by atoms with E-state index in [4.69, 9.17) is 25.9 Å². The molecular weight excluding hydrogens is 586 g/mol. The van der Waals surface area contributed by atoms with Crippen LogP contribution >= 0.6 is 0 Å². The van der Waals surface area contributed by atoms with Gasteiger partial charge in [0.05, 0.1) is 0 Å². The first-order valence-electron chi connectivity index (χ1n) is 10.6. The number of hydrogen-bond donors (Lipinski definition) is 0. The zero-order valence-electron chi connectivity index (χ0n) is 19.4. The van der Waals surface area contributed by atoms with Crippen molar-refractivity contribution in [1.29, 1.82) is 0 Å². The highest BCUT2D eigenvalue weighted by Gasteiger charge is 2.43. The van der Waals surface area contributed by atoms with E-state index < -0.39 is 31.3 Å². The van der Waals surface area contributed by atoms with Gasteiger partial charge in [-0.1, -0.05) is 0 Å². The Morgan fingerprint density at radius 2 is 0.972 bits per heavy atom. The van der Waals surface area contributed by atoms with Crippen molar-refractivity contribution in [3.05, 3.63) is 0 Å². The Bertz CT molecular complexity index is 858. The molecule has 0 heterocycles. The molecule has 0 spiro atoms. The lowest BCUT2D eigenvalue weighted by Crippen LogP contribution is -2.36. The molecule has 0 bridgehead atoms. The highest BCUT2D eigenvalue weighted by atomic mass is 32.2. The van der Waals surface area contributed by atoms with Gasteiger partial charge in [0.2, 0.25) is 0 Å². The zero-order chi connectivity index (χ0) is 28.5. The largest absolute Gasteiger partial charge is 0.741 e. The van der Waals surface area contributed by atoms with E-state index >= 15 is 0 Å². The minimum absolute atomic E-state index is 0.276. The molecule has 2 aliphatic carbocycles. The number of halogens is 6. The maximum Gasteiger partial charge on any atom is 0.485 e. The molecule has 4 atom stereocenters. The summed E-state index contributed by atoms with van der Waals surface area (Å²) in [6.45, 7) is 4.47. The Balaban J connectivity index is 0.000000634. The Hall–Kier alpha value is -0.560. The molecule has 0 aromatic carbocycles. The summed E-state index contributed by atoms with van der Waals surface area (Å²) in [5, 5.41) is 0.725. The van der Waals surface area contributed by atoms with Gasteiger partial charge in [-0.05, 0) is 26.7 Å². The van der Waals surface area contributed by atoms with Crippen LogP contribution in [0, 0.1) is 0 Å². The molecule has 18 heteroatoms. The van der Waals surface area contributed by atoms with Gasteiger partial charge in [-0.15, -0.1) is 0 Å². The van der Waals surface area contributed by atoms with Gasteiger partial charge in [-0.2, -0.15) is 26.3 Å². The molecule has 0 saturated heterocycles. The van der Waals surface area contributed by atoms with Gasteiger partial charge in [0.1, 0.15) is 11.5 Å². The molecule has 0 amide bonds. The molecule has 0 aliphatic heterocycles. The average Bonchev–Trinajstić information content (AvgIpc) is 3.32. The van der Waals surface area contributed by atoms with Crippen molar-refractivity contribution in [2.45, 2.75) is 73.9 Å². The molecule has 2 rings (SSSR count). The van der Waals surface area contributed by atoms with Crippen LogP contribution in [0.1, 0.15) is 52.4 Å². The number of carbonyl (C=O) groups is 2.